The maximum atomic E-state index is 12.3. The van der Waals surface area contributed by atoms with Crippen LogP contribution in [0.5, 0.6) is 17.2 Å². The van der Waals surface area contributed by atoms with Crippen LogP contribution in [0, 0.1) is 0 Å². The van der Waals surface area contributed by atoms with E-state index in [-0.39, 0.29) is 17.4 Å². The fourth-order valence-electron chi connectivity index (χ4n) is 2.24. The van der Waals surface area contributed by atoms with Crippen molar-refractivity contribution in [1.29, 1.82) is 0 Å². The summed E-state index contributed by atoms with van der Waals surface area (Å²) in [4.78, 5) is 13.5. The van der Waals surface area contributed by atoms with Gasteiger partial charge in [-0.3, -0.25) is 10.2 Å². The smallest absolute Gasteiger partial charge is 0.493 e. The summed E-state index contributed by atoms with van der Waals surface area (Å²) in [6.07, 6.45) is -5.11. The highest BCUT2D eigenvalue weighted by Crippen LogP contribution is 2.29. The summed E-state index contributed by atoms with van der Waals surface area (Å²) >= 11 is 0. The SMILES string of the molecule is COc1cc(C(=O)NNS(=O)(=O)c2cccc(OC(F)(F)F)c2)ccc1OC(C)C. The molecule has 2 aromatic rings. The third-order valence-corrected chi connectivity index (χ3v) is 4.68. The first-order valence-electron chi connectivity index (χ1n) is 8.44. The summed E-state index contributed by atoms with van der Waals surface area (Å²) < 4.78 is 75.9. The maximum Gasteiger partial charge on any atom is 0.573 e. The van der Waals surface area contributed by atoms with Crippen molar-refractivity contribution in [3.05, 3.63) is 48.0 Å². The third kappa shape index (κ3) is 6.52. The molecule has 30 heavy (non-hydrogen) atoms. The number of benzene rings is 2. The zero-order chi connectivity index (χ0) is 22.5. The van der Waals surface area contributed by atoms with E-state index in [2.05, 4.69) is 4.74 Å². The van der Waals surface area contributed by atoms with E-state index in [1.54, 1.807) is 0 Å². The second kappa shape index (κ2) is 9.22. The minimum atomic E-state index is -4.98. The highest BCUT2D eigenvalue weighted by molar-refractivity contribution is 7.89. The molecule has 0 aliphatic heterocycles. The first-order valence-corrected chi connectivity index (χ1v) is 9.92. The lowest BCUT2D eigenvalue weighted by molar-refractivity contribution is -0.274. The number of alkyl halides is 3. The predicted molar refractivity (Wildman–Crippen MR) is 99.7 cm³/mol. The molecule has 0 radical (unpaired) electrons. The quantitative estimate of drug-likeness (QED) is 0.602. The highest BCUT2D eigenvalue weighted by Gasteiger charge is 2.31. The van der Waals surface area contributed by atoms with Crippen LogP contribution in [0.2, 0.25) is 0 Å². The van der Waals surface area contributed by atoms with E-state index in [0.29, 0.717) is 11.8 Å². The second-order valence-electron chi connectivity index (χ2n) is 6.11. The van der Waals surface area contributed by atoms with Gasteiger partial charge < -0.3 is 14.2 Å². The Morgan fingerprint density at radius 2 is 1.77 bits per heavy atom. The topological polar surface area (TPSA) is 103 Å². The number of sulfonamides is 1. The standard InChI is InChI=1S/C18H19F3N2O6S/c1-11(2)28-15-8-7-12(9-16(15)27-3)17(24)22-23-30(25,26)14-6-4-5-13(10-14)29-18(19,20)21/h4-11,23H,1-3H3,(H,22,24). The number of carbonyl (C=O) groups excluding carboxylic acids is 1. The van der Waals surface area contributed by atoms with Crippen molar-refractivity contribution in [3.8, 4) is 17.2 Å². The molecule has 0 saturated heterocycles. The van der Waals surface area contributed by atoms with Gasteiger partial charge in [0, 0.05) is 11.6 Å². The first kappa shape index (κ1) is 23.3. The normalized spacial score (nSPS) is 11.8. The Labute approximate surface area is 171 Å². The Kier molecular flexibility index (Phi) is 7.16. The van der Waals surface area contributed by atoms with Gasteiger partial charge in [-0.2, -0.15) is 0 Å². The van der Waals surface area contributed by atoms with E-state index in [1.807, 2.05) is 24.1 Å². The van der Waals surface area contributed by atoms with Crippen LogP contribution in [0.3, 0.4) is 0 Å². The van der Waals surface area contributed by atoms with Gasteiger partial charge in [-0.05, 0) is 44.2 Å². The lowest BCUT2D eigenvalue weighted by Crippen LogP contribution is -2.41. The van der Waals surface area contributed by atoms with Crippen LogP contribution >= 0.6 is 0 Å². The molecular weight excluding hydrogens is 429 g/mol. The predicted octanol–water partition coefficient (Wildman–Crippen LogP) is 3.00. The molecule has 0 aliphatic carbocycles. The molecule has 0 unspecified atom stereocenters. The Morgan fingerprint density at radius 3 is 2.37 bits per heavy atom. The Hall–Kier alpha value is -2.99. The summed E-state index contributed by atoms with van der Waals surface area (Å²) in [6, 6.07) is 7.94. The summed E-state index contributed by atoms with van der Waals surface area (Å²) in [5, 5.41) is 0. The minimum absolute atomic E-state index is 0.0554. The van der Waals surface area contributed by atoms with Gasteiger partial charge in [0.25, 0.3) is 15.9 Å². The van der Waals surface area contributed by atoms with Crippen LogP contribution in [0.25, 0.3) is 0 Å². The Bertz CT molecular complexity index is 1010. The molecule has 0 aliphatic rings. The monoisotopic (exact) mass is 448 g/mol. The number of rotatable bonds is 8. The van der Waals surface area contributed by atoms with Crippen molar-refractivity contribution < 1.29 is 40.6 Å². The summed E-state index contributed by atoms with van der Waals surface area (Å²) in [6.45, 7) is 3.62. The molecule has 0 saturated carbocycles. The summed E-state index contributed by atoms with van der Waals surface area (Å²) in [5.41, 5.74) is 2.04. The molecule has 0 bridgehead atoms. The van der Waals surface area contributed by atoms with Gasteiger partial charge in [-0.25, -0.2) is 8.42 Å². The van der Waals surface area contributed by atoms with Gasteiger partial charge in [0.1, 0.15) is 5.75 Å². The molecule has 0 aromatic heterocycles. The fraction of sp³-hybridized carbons (Fsp3) is 0.278. The Morgan fingerprint density at radius 1 is 1.07 bits per heavy atom. The number of hydrogen-bond acceptors (Lipinski definition) is 6. The number of nitrogens with one attached hydrogen (secondary N) is 2. The lowest BCUT2D eigenvalue weighted by atomic mass is 10.2. The molecule has 12 heteroatoms. The van der Waals surface area contributed by atoms with Crippen LogP contribution in [0.15, 0.2) is 47.4 Å². The highest BCUT2D eigenvalue weighted by atomic mass is 32.2. The average molecular weight is 448 g/mol. The van der Waals surface area contributed by atoms with Gasteiger partial charge in [0.15, 0.2) is 11.5 Å². The van der Waals surface area contributed by atoms with Gasteiger partial charge in [-0.15, -0.1) is 18.0 Å². The fourth-order valence-corrected chi connectivity index (χ4v) is 3.12. The van der Waals surface area contributed by atoms with Gasteiger partial charge >= 0.3 is 6.36 Å². The largest absolute Gasteiger partial charge is 0.573 e. The zero-order valence-electron chi connectivity index (χ0n) is 16.1. The van der Waals surface area contributed by atoms with Gasteiger partial charge in [-0.1, -0.05) is 6.07 Å². The molecule has 2 aromatic carbocycles. The number of methoxy groups -OCH3 is 1. The second-order valence-corrected chi connectivity index (χ2v) is 7.80. The number of amides is 1. The van der Waals surface area contributed by atoms with Crippen molar-refractivity contribution >= 4 is 15.9 Å². The van der Waals surface area contributed by atoms with Crippen molar-refractivity contribution in [1.82, 2.24) is 10.3 Å². The van der Waals surface area contributed by atoms with E-state index in [1.165, 1.54) is 25.3 Å². The molecule has 2 N–H and O–H groups in total. The van der Waals surface area contributed by atoms with E-state index < -0.39 is 32.9 Å². The van der Waals surface area contributed by atoms with Crippen LogP contribution in [-0.4, -0.2) is 33.9 Å². The number of hydrogen-bond donors (Lipinski definition) is 2. The summed E-state index contributed by atoms with van der Waals surface area (Å²) in [7, 11) is -2.99. The van der Waals surface area contributed by atoms with Gasteiger partial charge in [0.2, 0.25) is 0 Å². The maximum absolute atomic E-state index is 12.3. The van der Waals surface area contributed by atoms with Crippen molar-refractivity contribution in [2.75, 3.05) is 7.11 Å². The van der Waals surface area contributed by atoms with Crippen LogP contribution in [-0.2, 0) is 10.0 Å². The van der Waals surface area contributed by atoms with E-state index in [0.717, 1.165) is 18.2 Å². The van der Waals surface area contributed by atoms with Crippen LogP contribution in [0.1, 0.15) is 24.2 Å². The van der Waals surface area contributed by atoms with Crippen LogP contribution in [0.4, 0.5) is 13.2 Å². The minimum Gasteiger partial charge on any atom is -0.493 e. The molecule has 1 amide bonds. The summed E-state index contributed by atoms with van der Waals surface area (Å²) in [5.74, 6) is -0.889. The molecule has 0 atom stereocenters. The van der Waals surface area contributed by atoms with Crippen molar-refractivity contribution in [2.24, 2.45) is 0 Å². The third-order valence-electron chi connectivity index (χ3n) is 3.44. The zero-order valence-corrected chi connectivity index (χ0v) is 16.9. The number of ether oxygens (including phenoxy) is 3. The number of hydrazine groups is 1. The van der Waals surface area contributed by atoms with E-state index in [9.17, 15) is 26.4 Å². The molecular formula is C18H19F3N2O6S. The molecule has 2 rings (SSSR count). The van der Waals surface area contributed by atoms with Crippen LogP contribution < -0.4 is 24.5 Å². The molecule has 8 nitrogen and oxygen atoms in total. The van der Waals surface area contributed by atoms with Gasteiger partial charge in [0.05, 0.1) is 18.1 Å². The van der Waals surface area contributed by atoms with E-state index in [4.69, 9.17) is 9.47 Å². The van der Waals surface area contributed by atoms with Crippen molar-refractivity contribution in [3.63, 3.8) is 0 Å². The Balaban J connectivity index is 2.12. The number of carbonyl (C=O) groups is 1. The molecule has 0 spiro atoms. The lowest BCUT2D eigenvalue weighted by Gasteiger charge is -2.15. The number of halogens is 3. The molecule has 0 heterocycles. The molecule has 164 valence electrons. The molecule has 0 fully saturated rings. The van der Waals surface area contributed by atoms with Crippen molar-refractivity contribution in [2.45, 2.75) is 31.2 Å². The average Bonchev–Trinajstić information content (AvgIpc) is 2.65. The first-order chi connectivity index (χ1) is 13.9. The van der Waals surface area contributed by atoms with E-state index >= 15 is 0 Å².